The van der Waals surface area contributed by atoms with E-state index in [0.29, 0.717) is 16.5 Å². The molecule has 8 nitrogen and oxygen atoms in total. The first-order valence-corrected chi connectivity index (χ1v) is 16.4. The van der Waals surface area contributed by atoms with E-state index in [4.69, 9.17) is 0 Å². The minimum absolute atomic E-state index is 0.238. The molecule has 10 heteroatoms. The second-order valence-electron chi connectivity index (χ2n) is 9.62. The first-order chi connectivity index (χ1) is 19.4. The highest BCUT2D eigenvalue weighted by molar-refractivity contribution is 7.86. The minimum atomic E-state index is -4.65. The van der Waals surface area contributed by atoms with Gasteiger partial charge in [-0.3, -0.25) is 9.11 Å². The van der Waals surface area contributed by atoms with Gasteiger partial charge in [-0.05, 0) is 109 Å². The summed E-state index contributed by atoms with van der Waals surface area (Å²) < 4.78 is 70.3. The summed E-state index contributed by atoms with van der Waals surface area (Å²) in [5.74, 6) is 0. The SMILES string of the molecule is CCN(CC)c1ccc(C(=C2C=CC(=[N+](CC)CC)C=C2)c2cc(S(=O)(=O)O)cc3cc(S(=O)(=O)O)ccc23)cc1. The van der Waals surface area contributed by atoms with E-state index < -0.39 is 20.2 Å². The van der Waals surface area contributed by atoms with Crippen LogP contribution in [0.4, 0.5) is 5.69 Å². The van der Waals surface area contributed by atoms with Gasteiger partial charge in [-0.1, -0.05) is 18.2 Å². The van der Waals surface area contributed by atoms with Crippen LogP contribution in [0, 0.1) is 0 Å². The third-order valence-electron chi connectivity index (χ3n) is 7.33. The number of allylic oxidation sites excluding steroid dienone is 5. The minimum Gasteiger partial charge on any atom is -0.372 e. The van der Waals surface area contributed by atoms with Crippen molar-refractivity contribution < 1.29 is 30.5 Å². The number of nitrogens with zero attached hydrogens (tertiary/aromatic N) is 2. The molecule has 0 bridgehead atoms. The van der Waals surface area contributed by atoms with E-state index in [9.17, 15) is 25.9 Å². The molecule has 3 aromatic rings. The molecule has 0 aliphatic heterocycles. The third kappa shape index (κ3) is 6.51. The highest BCUT2D eigenvalue weighted by atomic mass is 32.2. The predicted octanol–water partition coefficient (Wildman–Crippen LogP) is 5.60. The summed E-state index contributed by atoms with van der Waals surface area (Å²) in [6.07, 6.45) is 7.97. The topological polar surface area (TPSA) is 115 Å². The van der Waals surface area contributed by atoms with E-state index in [1.54, 1.807) is 0 Å². The van der Waals surface area contributed by atoms with Gasteiger partial charge >= 0.3 is 0 Å². The lowest BCUT2D eigenvalue weighted by Gasteiger charge is -2.22. The highest BCUT2D eigenvalue weighted by Gasteiger charge is 2.21. The largest absolute Gasteiger partial charge is 0.372 e. The van der Waals surface area contributed by atoms with Crippen LogP contribution in [0.3, 0.4) is 0 Å². The Hall–Kier alpha value is -3.57. The highest BCUT2D eigenvalue weighted by Crippen LogP contribution is 2.37. The second kappa shape index (κ2) is 12.1. The fourth-order valence-electron chi connectivity index (χ4n) is 5.17. The maximum atomic E-state index is 12.3. The molecule has 0 saturated carbocycles. The number of fused-ring (bicyclic) bond motifs is 1. The Morgan fingerprint density at radius 1 is 0.732 bits per heavy atom. The zero-order chi connectivity index (χ0) is 29.9. The molecule has 1 aliphatic rings. The maximum absolute atomic E-state index is 12.3. The monoisotopic (exact) mass is 595 g/mol. The molecule has 0 heterocycles. The summed E-state index contributed by atoms with van der Waals surface area (Å²) in [5, 5.41) is 0.794. The van der Waals surface area contributed by atoms with Gasteiger partial charge in [-0.15, -0.1) is 0 Å². The molecule has 2 N–H and O–H groups in total. The van der Waals surface area contributed by atoms with Gasteiger partial charge < -0.3 is 4.90 Å². The van der Waals surface area contributed by atoms with E-state index in [1.807, 2.05) is 48.6 Å². The molecule has 3 aromatic carbocycles. The van der Waals surface area contributed by atoms with Crippen LogP contribution in [0.5, 0.6) is 0 Å². The first kappa shape index (κ1) is 30.4. The summed E-state index contributed by atoms with van der Waals surface area (Å²) in [6.45, 7) is 11.7. The summed E-state index contributed by atoms with van der Waals surface area (Å²) in [4.78, 5) is 1.45. The molecule has 41 heavy (non-hydrogen) atoms. The van der Waals surface area contributed by atoms with Crippen molar-refractivity contribution in [3.05, 3.63) is 95.6 Å². The molecule has 0 radical (unpaired) electrons. The smallest absolute Gasteiger partial charge is 0.294 e. The maximum Gasteiger partial charge on any atom is 0.294 e. The van der Waals surface area contributed by atoms with Crippen LogP contribution in [0.15, 0.2) is 94.3 Å². The van der Waals surface area contributed by atoms with Crippen molar-refractivity contribution in [2.24, 2.45) is 0 Å². The van der Waals surface area contributed by atoms with Crippen molar-refractivity contribution >= 4 is 48.0 Å². The Bertz CT molecular complexity index is 1780. The van der Waals surface area contributed by atoms with Crippen LogP contribution < -0.4 is 4.90 Å². The quantitative estimate of drug-likeness (QED) is 0.244. The van der Waals surface area contributed by atoms with E-state index in [0.717, 1.165) is 48.7 Å². The Kier molecular flexibility index (Phi) is 8.98. The van der Waals surface area contributed by atoms with Gasteiger partial charge in [0.1, 0.15) is 13.1 Å². The predicted molar refractivity (Wildman–Crippen MR) is 164 cm³/mol. The fourth-order valence-corrected chi connectivity index (χ4v) is 6.23. The second-order valence-corrected chi connectivity index (χ2v) is 12.5. The Morgan fingerprint density at radius 3 is 1.80 bits per heavy atom. The van der Waals surface area contributed by atoms with Crippen LogP contribution in [0.2, 0.25) is 0 Å². The fraction of sp³-hybridized carbons (Fsp3) is 0.258. The average molecular weight is 596 g/mol. The molecule has 216 valence electrons. The molecule has 0 saturated heterocycles. The van der Waals surface area contributed by atoms with E-state index in [2.05, 4.69) is 37.2 Å². The third-order valence-corrected chi connectivity index (χ3v) is 9.01. The normalized spacial score (nSPS) is 13.6. The molecule has 4 rings (SSSR count). The van der Waals surface area contributed by atoms with Crippen molar-refractivity contribution in [2.75, 3.05) is 31.1 Å². The zero-order valence-electron chi connectivity index (χ0n) is 23.6. The van der Waals surface area contributed by atoms with Crippen LogP contribution in [0.25, 0.3) is 16.3 Å². The molecule has 0 unspecified atom stereocenters. The summed E-state index contributed by atoms with van der Waals surface area (Å²) >= 11 is 0. The summed E-state index contributed by atoms with van der Waals surface area (Å²) in [6, 6.07) is 14.6. The molecule has 0 atom stereocenters. The Labute approximate surface area is 242 Å². The average Bonchev–Trinajstić information content (AvgIpc) is 2.94. The van der Waals surface area contributed by atoms with Gasteiger partial charge in [0.05, 0.1) is 9.79 Å². The standard InChI is InChI=1S/C31H34N2O6S2/c1-5-32(6-2)25-13-9-22(10-14-25)31(23-11-15-26(16-12-23)33(7-3)8-4)30-21-28(41(37,38)39)20-24-19-27(40(34,35)36)17-18-29(24)30/h9-21H,5-8H2,1-4H3,(H-,34,35,36,37,38,39)/p+1. The van der Waals surface area contributed by atoms with Crippen molar-refractivity contribution in [3.8, 4) is 0 Å². The number of hydrogen-bond acceptors (Lipinski definition) is 5. The molecule has 0 fully saturated rings. The molecule has 0 spiro atoms. The van der Waals surface area contributed by atoms with Crippen molar-refractivity contribution in [1.82, 2.24) is 0 Å². The van der Waals surface area contributed by atoms with Gasteiger partial charge in [0, 0.05) is 30.9 Å². The zero-order valence-corrected chi connectivity index (χ0v) is 25.2. The molecular formula is C31H35N2O6S2+. The lowest BCUT2D eigenvalue weighted by molar-refractivity contribution is -0.519. The number of benzene rings is 3. The van der Waals surface area contributed by atoms with Crippen LogP contribution in [-0.2, 0) is 20.2 Å². The molecule has 1 aliphatic carbocycles. The van der Waals surface area contributed by atoms with Gasteiger partial charge in [-0.25, -0.2) is 4.58 Å². The van der Waals surface area contributed by atoms with E-state index in [-0.39, 0.29) is 15.2 Å². The van der Waals surface area contributed by atoms with E-state index in [1.165, 1.54) is 30.3 Å². The van der Waals surface area contributed by atoms with Gasteiger partial charge in [0.2, 0.25) is 0 Å². The van der Waals surface area contributed by atoms with Gasteiger partial charge in [-0.2, -0.15) is 16.8 Å². The van der Waals surface area contributed by atoms with Crippen LogP contribution in [-0.4, -0.2) is 62.4 Å². The molecule has 0 aromatic heterocycles. The van der Waals surface area contributed by atoms with Gasteiger partial charge in [0.25, 0.3) is 20.2 Å². The first-order valence-electron chi connectivity index (χ1n) is 13.5. The number of hydrogen-bond donors (Lipinski definition) is 2. The summed E-state index contributed by atoms with van der Waals surface area (Å²) in [5.41, 5.74) is 4.91. The lowest BCUT2D eigenvalue weighted by atomic mass is 9.88. The van der Waals surface area contributed by atoms with Crippen molar-refractivity contribution in [3.63, 3.8) is 0 Å². The number of anilines is 1. The Morgan fingerprint density at radius 2 is 1.29 bits per heavy atom. The lowest BCUT2D eigenvalue weighted by Crippen LogP contribution is -2.21. The van der Waals surface area contributed by atoms with Crippen molar-refractivity contribution in [1.29, 1.82) is 0 Å². The van der Waals surface area contributed by atoms with E-state index >= 15 is 0 Å². The van der Waals surface area contributed by atoms with Crippen LogP contribution >= 0.6 is 0 Å². The molecular weight excluding hydrogens is 560 g/mol. The van der Waals surface area contributed by atoms with Gasteiger partial charge in [0.15, 0.2) is 5.71 Å². The van der Waals surface area contributed by atoms with Crippen LogP contribution in [0.1, 0.15) is 38.8 Å². The van der Waals surface area contributed by atoms with Crippen molar-refractivity contribution in [2.45, 2.75) is 37.5 Å². The Balaban J connectivity index is 2.07. The summed E-state index contributed by atoms with van der Waals surface area (Å²) in [7, 11) is -9.20. The molecule has 0 amide bonds. The number of rotatable bonds is 9.